The normalized spacial score (nSPS) is 19.2. The molecule has 4 nitrogen and oxygen atoms in total. The van der Waals surface area contributed by atoms with Crippen molar-refractivity contribution in [1.29, 1.82) is 0 Å². The van der Waals surface area contributed by atoms with Crippen LogP contribution in [0.5, 0.6) is 0 Å². The number of nitrogens with one attached hydrogen (secondary N) is 1. The first kappa shape index (κ1) is 15.9. The number of nitrogens with zero attached hydrogens (tertiary/aromatic N) is 1. The molecule has 1 aliphatic heterocycles. The van der Waals surface area contributed by atoms with Crippen LogP contribution in [0.3, 0.4) is 0 Å². The minimum absolute atomic E-state index is 0.508. The van der Waals surface area contributed by atoms with Crippen molar-refractivity contribution in [2.45, 2.75) is 57.9 Å². The summed E-state index contributed by atoms with van der Waals surface area (Å²) >= 11 is 0. The number of hydrogen-bond donors (Lipinski definition) is 1. The Kier molecular flexibility index (Phi) is 7.19. The van der Waals surface area contributed by atoms with E-state index in [1.807, 2.05) is 0 Å². The van der Waals surface area contributed by atoms with Gasteiger partial charge in [-0.1, -0.05) is 32.6 Å². The molecule has 5 heteroatoms. The van der Waals surface area contributed by atoms with Crippen molar-refractivity contribution in [3.63, 3.8) is 0 Å². The van der Waals surface area contributed by atoms with Gasteiger partial charge in [-0.05, 0) is 25.8 Å². The van der Waals surface area contributed by atoms with Gasteiger partial charge in [-0.2, -0.15) is 0 Å². The van der Waals surface area contributed by atoms with E-state index in [1.165, 1.54) is 38.4 Å². The number of piperidine rings is 1. The molecule has 1 fully saturated rings. The lowest BCUT2D eigenvalue weighted by atomic mass is 10.1. The molecule has 0 unspecified atom stereocenters. The zero-order valence-corrected chi connectivity index (χ0v) is 12.6. The summed E-state index contributed by atoms with van der Waals surface area (Å²) in [6, 6.07) is 0.508. The molecule has 0 saturated carbocycles. The van der Waals surface area contributed by atoms with E-state index in [9.17, 15) is 8.42 Å². The van der Waals surface area contributed by atoms with Gasteiger partial charge in [-0.25, -0.2) is 12.7 Å². The van der Waals surface area contributed by atoms with E-state index in [-0.39, 0.29) is 0 Å². The minimum Gasteiger partial charge on any atom is -0.314 e. The van der Waals surface area contributed by atoms with E-state index in [2.05, 4.69) is 12.2 Å². The molecular weight excluding hydrogens is 248 g/mol. The molecule has 1 heterocycles. The van der Waals surface area contributed by atoms with Gasteiger partial charge in [-0.3, -0.25) is 0 Å². The maximum Gasteiger partial charge on any atom is 0.211 e. The largest absolute Gasteiger partial charge is 0.314 e. The van der Waals surface area contributed by atoms with E-state index in [4.69, 9.17) is 0 Å². The molecule has 0 atom stereocenters. The number of rotatable bonds is 8. The van der Waals surface area contributed by atoms with Gasteiger partial charge < -0.3 is 5.32 Å². The highest BCUT2D eigenvalue weighted by Gasteiger charge is 2.24. The van der Waals surface area contributed by atoms with Crippen molar-refractivity contribution in [3.8, 4) is 0 Å². The second kappa shape index (κ2) is 8.12. The van der Waals surface area contributed by atoms with Gasteiger partial charge in [0.1, 0.15) is 0 Å². The van der Waals surface area contributed by atoms with E-state index in [0.717, 1.165) is 19.4 Å². The topological polar surface area (TPSA) is 49.4 Å². The summed E-state index contributed by atoms with van der Waals surface area (Å²) in [5, 5.41) is 3.55. The van der Waals surface area contributed by atoms with Gasteiger partial charge in [-0.15, -0.1) is 0 Å². The predicted molar refractivity (Wildman–Crippen MR) is 76.2 cm³/mol. The molecule has 0 aromatic carbocycles. The fourth-order valence-corrected chi connectivity index (χ4v) is 3.30. The van der Waals surface area contributed by atoms with Crippen molar-refractivity contribution in [3.05, 3.63) is 0 Å². The molecule has 108 valence electrons. The van der Waals surface area contributed by atoms with Gasteiger partial charge >= 0.3 is 0 Å². The highest BCUT2D eigenvalue weighted by atomic mass is 32.2. The van der Waals surface area contributed by atoms with Gasteiger partial charge in [0.05, 0.1) is 6.26 Å². The average Bonchev–Trinajstić information content (AvgIpc) is 2.33. The molecule has 1 rings (SSSR count). The summed E-state index contributed by atoms with van der Waals surface area (Å²) in [6.45, 7) is 4.65. The van der Waals surface area contributed by atoms with E-state index >= 15 is 0 Å². The van der Waals surface area contributed by atoms with Gasteiger partial charge in [0.2, 0.25) is 10.0 Å². The van der Waals surface area contributed by atoms with E-state index in [0.29, 0.717) is 19.1 Å². The third kappa shape index (κ3) is 6.16. The van der Waals surface area contributed by atoms with Crippen LogP contribution in [0.15, 0.2) is 0 Å². The van der Waals surface area contributed by atoms with Gasteiger partial charge in [0.15, 0.2) is 0 Å². The van der Waals surface area contributed by atoms with Crippen LogP contribution in [0.2, 0.25) is 0 Å². The molecule has 0 bridgehead atoms. The maximum absolute atomic E-state index is 11.4. The van der Waals surface area contributed by atoms with Crippen molar-refractivity contribution in [2.75, 3.05) is 25.9 Å². The van der Waals surface area contributed by atoms with E-state index < -0.39 is 10.0 Å². The minimum atomic E-state index is -2.98. The average molecular weight is 276 g/mol. The molecule has 0 radical (unpaired) electrons. The number of unbranched alkanes of at least 4 members (excludes halogenated alkanes) is 4. The Balaban J connectivity index is 2.06. The lowest BCUT2D eigenvalue weighted by molar-refractivity contribution is 0.290. The van der Waals surface area contributed by atoms with Crippen molar-refractivity contribution < 1.29 is 8.42 Å². The quantitative estimate of drug-likeness (QED) is 0.690. The smallest absolute Gasteiger partial charge is 0.211 e. The Labute approximate surface area is 112 Å². The Morgan fingerprint density at radius 3 is 2.28 bits per heavy atom. The molecular formula is C13H28N2O2S. The van der Waals surface area contributed by atoms with Crippen LogP contribution in [0.25, 0.3) is 0 Å². The second-order valence-corrected chi connectivity index (χ2v) is 7.29. The Morgan fingerprint density at radius 2 is 1.72 bits per heavy atom. The van der Waals surface area contributed by atoms with Crippen molar-refractivity contribution in [2.24, 2.45) is 0 Å². The summed E-state index contributed by atoms with van der Waals surface area (Å²) in [4.78, 5) is 0. The maximum atomic E-state index is 11.4. The predicted octanol–water partition coefficient (Wildman–Crippen LogP) is 1.97. The van der Waals surface area contributed by atoms with Crippen molar-refractivity contribution >= 4 is 10.0 Å². The molecule has 1 N–H and O–H groups in total. The van der Waals surface area contributed by atoms with Gasteiger partial charge in [0, 0.05) is 19.1 Å². The van der Waals surface area contributed by atoms with Crippen LogP contribution in [0.4, 0.5) is 0 Å². The first-order valence-corrected chi connectivity index (χ1v) is 9.07. The molecule has 1 aliphatic rings. The van der Waals surface area contributed by atoms with Crippen LogP contribution in [-0.2, 0) is 10.0 Å². The fourth-order valence-electron chi connectivity index (χ4n) is 2.43. The first-order valence-electron chi connectivity index (χ1n) is 7.22. The highest BCUT2D eigenvalue weighted by Crippen LogP contribution is 2.13. The summed E-state index contributed by atoms with van der Waals surface area (Å²) in [5.41, 5.74) is 0. The van der Waals surface area contributed by atoms with Crippen LogP contribution in [-0.4, -0.2) is 44.7 Å². The monoisotopic (exact) mass is 276 g/mol. The second-order valence-electron chi connectivity index (χ2n) is 5.30. The SMILES string of the molecule is CCCCCCCNC1CCN(S(C)(=O)=O)CC1. The zero-order valence-electron chi connectivity index (χ0n) is 11.8. The standard InChI is InChI=1S/C13H28N2O2S/c1-3-4-5-6-7-10-14-13-8-11-15(12-9-13)18(2,16)17/h13-14H,3-12H2,1-2H3. The number of sulfonamides is 1. The lowest BCUT2D eigenvalue weighted by Gasteiger charge is -2.30. The van der Waals surface area contributed by atoms with Gasteiger partial charge in [0.25, 0.3) is 0 Å². The Morgan fingerprint density at radius 1 is 1.11 bits per heavy atom. The summed E-state index contributed by atoms with van der Waals surface area (Å²) < 4.78 is 24.3. The van der Waals surface area contributed by atoms with Crippen LogP contribution in [0, 0.1) is 0 Å². The van der Waals surface area contributed by atoms with E-state index in [1.54, 1.807) is 4.31 Å². The summed E-state index contributed by atoms with van der Waals surface area (Å²) in [7, 11) is -2.98. The molecule has 0 amide bonds. The zero-order chi connectivity index (χ0) is 13.4. The molecule has 1 saturated heterocycles. The van der Waals surface area contributed by atoms with Crippen LogP contribution in [0.1, 0.15) is 51.9 Å². The molecule has 18 heavy (non-hydrogen) atoms. The Bertz CT molecular complexity index is 309. The van der Waals surface area contributed by atoms with Crippen molar-refractivity contribution in [1.82, 2.24) is 9.62 Å². The van der Waals surface area contributed by atoms with Crippen LogP contribution < -0.4 is 5.32 Å². The third-order valence-corrected chi connectivity index (χ3v) is 4.94. The number of hydrogen-bond acceptors (Lipinski definition) is 3. The first-order chi connectivity index (χ1) is 8.54. The molecule has 0 spiro atoms. The fraction of sp³-hybridized carbons (Fsp3) is 1.00. The molecule has 0 aromatic heterocycles. The summed E-state index contributed by atoms with van der Waals surface area (Å²) in [5.74, 6) is 0. The Hall–Kier alpha value is -0.130. The molecule has 0 aliphatic carbocycles. The highest BCUT2D eigenvalue weighted by molar-refractivity contribution is 7.88. The third-order valence-electron chi connectivity index (χ3n) is 3.64. The van der Waals surface area contributed by atoms with Crippen LogP contribution >= 0.6 is 0 Å². The molecule has 0 aromatic rings. The summed E-state index contributed by atoms with van der Waals surface area (Å²) in [6.07, 6.45) is 9.71. The lowest BCUT2D eigenvalue weighted by Crippen LogP contribution is -2.44.